The van der Waals surface area contributed by atoms with Gasteiger partial charge in [0.15, 0.2) is 5.69 Å². The average Bonchev–Trinajstić information content (AvgIpc) is 2.82. The zero-order valence-electron chi connectivity index (χ0n) is 10.2. The molecule has 1 unspecified atom stereocenters. The van der Waals surface area contributed by atoms with Crippen molar-refractivity contribution in [2.75, 3.05) is 0 Å². The van der Waals surface area contributed by atoms with Gasteiger partial charge in [-0.1, -0.05) is 25.1 Å². The molecule has 1 atom stereocenters. The fraction of sp³-hybridized carbons (Fsp3) is 0.286. The Hall–Kier alpha value is -2.28. The van der Waals surface area contributed by atoms with Crippen molar-refractivity contribution in [2.45, 2.75) is 25.8 Å². The van der Waals surface area contributed by atoms with Crippen LogP contribution in [0.4, 0.5) is 0 Å². The van der Waals surface area contributed by atoms with Crippen molar-refractivity contribution in [3.8, 4) is 12.3 Å². The second-order valence-electron chi connectivity index (χ2n) is 4.10. The first-order valence-electron chi connectivity index (χ1n) is 5.93. The van der Waals surface area contributed by atoms with Gasteiger partial charge in [-0.15, -0.1) is 12.3 Å². The first-order valence-corrected chi connectivity index (χ1v) is 5.93. The molecule has 0 saturated carbocycles. The standard InChI is InChI=1S/C14H15N3O/c1-3-7-10(4-2)15-14(18)13-11-8-5-6-9-12(11)16-17-13/h1,5-6,8-10H,4,7H2,2H3,(H,15,18)(H,16,17). The van der Waals surface area contributed by atoms with Gasteiger partial charge >= 0.3 is 0 Å². The summed E-state index contributed by atoms with van der Waals surface area (Å²) in [6.45, 7) is 1.99. The largest absolute Gasteiger partial charge is 0.347 e. The topological polar surface area (TPSA) is 57.8 Å². The molecule has 2 aromatic rings. The lowest BCUT2D eigenvalue weighted by molar-refractivity contribution is 0.0933. The number of carbonyl (C=O) groups is 1. The number of carbonyl (C=O) groups excluding carboxylic acids is 1. The molecule has 4 nitrogen and oxygen atoms in total. The van der Waals surface area contributed by atoms with Crippen molar-refractivity contribution >= 4 is 16.8 Å². The predicted octanol–water partition coefficient (Wildman–Crippen LogP) is 2.09. The Balaban J connectivity index is 2.21. The minimum absolute atomic E-state index is 0.00189. The normalized spacial score (nSPS) is 12.0. The van der Waals surface area contributed by atoms with Crippen molar-refractivity contribution in [1.29, 1.82) is 0 Å². The number of aromatic nitrogens is 2. The Kier molecular flexibility index (Phi) is 3.63. The van der Waals surface area contributed by atoms with Crippen molar-refractivity contribution in [1.82, 2.24) is 15.5 Å². The van der Waals surface area contributed by atoms with E-state index >= 15 is 0 Å². The summed E-state index contributed by atoms with van der Waals surface area (Å²) in [7, 11) is 0. The van der Waals surface area contributed by atoms with Gasteiger partial charge in [0.2, 0.25) is 0 Å². The number of hydrogen-bond acceptors (Lipinski definition) is 2. The van der Waals surface area contributed by atoms with Gasteiger partial charge in [0.1, 0.15) is 0 Å². The van der Waals surface area contributed by atoms with Crippen LogP contribution in [0.3, 0.4) is 0 Å². The number of nitrogens with one attached hydrogen (secondary N) is 2. The minimum atomic E-state index is -0.186. The Morgan fingerprint density at radius 2 is 2.33 bits per heavy atom. The van der Waals surface area contributed by atoms with E-state index in [2.05, 4.69) is 21.4 Å². The monoisotopic (exact) mass is 241 g/mol. The zero-order chi connectivity index (χ0) is 13.0. The quantitative estimate of drug-likeness (QED) is 0.805. The fourth-order valence-corrected chi connectivity index (χ4v) is 1.83. The molecule has 1 heterocycles. The van der Waals surface area contributed by atoms with Crippen LogP contribution in [-0.4, -0.2) is 22.1 Å². The fourth-order valence-electron chi connectivity index (χ4n) is 1.83. The molecule has 4 heteroatoms. The zero-order valence-corrected chi connectivity index (χ0v) is 10.2. The third kappa shape index (κ3) is 2.35. The lowest BCUT2D eigenvalue weighted by Crippen LogP contribution is -2.34. The van der Waals surface area contributed by atoms with Gasteiger partial charge in [-0.05, 0) is 12.5 Å². The van der Waals surface area contributed by atoms with Gasteiger partial charge in [0.25, 0.3) is 5.91 Å². The van der Waals surface area contributed by atoms with Gasteiger partial charge < -0.3 is 5.32 Å². The number of hydrogen-bond donors (Lipinski definition) is 2. The van der Waals surface area contributed by atoms with E-state index in [-0.39, 0.29) is 11.9 Å². The number of amides is 1. The summed E-state index contributed by atoms with van der Waals surface area (Å²) in [5.41, 5.74) is 1.27. The maximum Gasteiger partial charge on any atom is 0.272 e. The van der Waals surface area contributed by atoms with Crippen LogP contribution in [0.1, 0.15) is 30.3 Å². The molecule has 0 bridgehead atoms. The molecule has 2 rings (SSSR count). The van der Waals surface area contributed by atoms with E-state index < -0.39 is 0 Å². The number of aromatic amines is 1. The molecule has 1 aromatic carbocycles. The van der Waals surface area contributed by atoms with E-state index in [1.54, 1.807) is 0 Å². The van der Waals surface area contributed by atoms with E-state index in [0.29, 0.717) is 12.1 Å². The molecular weight excluding hydrogens is 226 g/mol. The third-order valence-corrected chi connectivity index (χ3v) is 2.88. The van der Waals surface area contributed by atoms with Gasteiger partial charge in [-0.3, -0.25) is 9.89 Å². The lowest BCUT2D eigenvalue weighted by Gasteiger charge is -2.12. The van der Waals surface area contributed by atoms with E-state index in [4.69, 9.17) is 6.42 Å². The predicted molar refractivity (Wildman–Crippen MR) is 71.1 cm³/mol. The Labute approximate surface area is 106 Å². The second-order valence-corrected chi connectivity index (χ2v) is 4.10. The van der Waals surface area contributed by atoms with Gasteiger partial charge in [-0.2, -0.15) is 5.10 Å². The van der Waals surface area contributed by atoms with Crippen LogP contribution >= 0.6 is 0 Å². The molecule has 18 heavy (non-hydrogen) atoms. The molecular formula is C14H15N3O. The van der Waals surface area contributed by atoms with Crippen molar-refractivity contribution in [3.63, 3.8) is 0 Å². The summed E-state index contributed by atoms with van der Waals surface area (Å²) >= 11 is 0. The van der Waals surface area contributed by atoms with Crippen molar-refractivity contribution in [2.24, 2.45) is 0 Å². The molecule has 0 aliphatic heterocycles. The highest BCUT2D eigenvalue weighted by Crippen LogP contribution is 2.15. The summed E-state index contributed by atoms with van der Waals surface area (Å²) in [5, 5.41) is 10.6. The van der Waals surface area contributed by atoms with Crippen molar-refractivity contribution in [3.05, 3.63) is 30.0 Å². The van der Waals surface area contributed by atoms with E-state index in [9.17, 15) is 4.79 Å². The number of nitrogens with zero attached hydrogens (tertiary/aromatic N) is 1. The van der Waals surface area contributed by atoms with E-state index in [1.807, 2.05) is 31.2 Å². The summed E-state index contributed by atoms with van der Waals surface area (Å²) in [4.78, 5) is 12.1. The Bertz CT molecular complexity index is 594. The average molecular weight is 241 g/mol. The first-order chi connectivity index (χ1) is 8.76. The van der Waals surface area contributed by atoms with Gasteiger partial charge in [0.05, 0.1) is 5.52 Å². The molecule has 0 radical (unpaired) electrons. The highest BCUT2D eigenvalue weighted by Gasteiger charge is 2.16. The molecule has 0 fully saturated rings. The number of para-hydroxylation sites is 1. The maximum absolute atomic E-state index is 12.1. The highest BCUT2D eigenvalue weighted by molar-refractivity contribution is 6.04. The van der Waals surface area contributed by atoms with E-state index in [0.717, 1.165) is 17.3 Å². The highest BCUT2D eigenvalue weighted by atomic mass is 16.2. The third-order valence-electron chi connectivity index (χ3n) is 2.88. The minimum Gasteiger partial charge on any atom is -0.347 e. The van der Waals surface area contributed by atoms with Gasteiger partial charge in [-0.25, -0.2) is 0 Å². The molecule has 1 amide bonds. The van der Waals surface area contributed by atoms with Gasteiger partial charge in [0, 0.05) is 17.8 Å². The number of fused-ring (bicyclic) bond motifs is 1. The molecule has 0 spiro atoms. The van der Waals surface area contributed by atoms with Crippen LogP contribution in [0.2, 0.25) is 0 Å². The molecule has 0 aliphatic carbocycles. The van der Waals surface area contributed by atoms with Crippen LogP contribution in [0.15, 0.2) is 24.3 Å². The number of terminal acetylenes is 1. The molecule has 0 aliphatic rings. The second kappa shape index (κ2) is 5.37. The smallest absolute Gasteiger partial charge is 0.272 e. The molecule has 0 saturated heterocycles. The van der Waals surface area contributed by atoms with Crippen molar-refractivity contribution < 1.29 is 4.79 Å². The van der Waals surface area contributed by atoms with Crippen LogP contribution in [-0.2, 0) is 0 Å². The summed E-state index contributed by atoms with van der Waals surface area (Å²) < 4.78 is 0. The number of rotatable bonds is 4. The Morgan fingerprint density at radius 1 is 1.56 bits per heavy atom. The van der Waals surface area contributed by atoms with Crippen LogP contribution in [0.25, 0.3) is 10.9 Å². The van der Waals surface area contributed by atoms with Crippen LogP contribution in [0, 0.1) is 12.3 Å². The summed E-state index contributed by atoms with van der Waals surface area (Å²) in [5.74, 6) is 2.38. The maximum atomic E-state index is 12.1. The summed E-state index contributed by atoms with van der Waals surface area (Å²) in [6, 6.07) is 7.54. The van der Waals surface area contributed by atoms with Crippen LogP contribution < -0.4 is 5.32 Å². The Morgan fingerprint density at radius 3 is 3.06 bits per heavy atom. The van der Waals surface area contributed by atoms with E-state index in [1.165, 1.54) is 0 Å². The number of benzene rings is 1. The lowest BCUT2D eigenvalue weighted by atomic mass is 10.1. The molecule has 2 N–H and O–H groups in total. The molecule has 92 valence electrons. The first kappa shape index (κ1) is 12.2. The number of H-pyrrole nitrogens is 1. The molecule has 1 aromatic heterocycles. The van der Waals surface area contributed by atoms with Crippen LogP contribution in [0.5, 0.6) is 0 Å². The summed E-state index contributed by atoms with van der Waals surface area (Å²) in [6.07, 6.45) is 6.60. The SMILES string of the molecule is C#CCC(CC)NC(=O)c1n[nH]c2ccccc12.